The molecule has 3 aliphatic rings. The lowest BCUT2D eigenvalue weighted by Gasteiger charge is -2.56. The van der Waals surface area contributed by atoms with Crippen molar-refractivity contribution >= 4 is 11.0 Å². The second-order valence-corrected chi connectivity index (χ2v) is 12.8. The molecule has 2 fully saturated rings. The highest BCUT2D eigenvalue weighted by Crippen LogP contribution is 2.56. The number of rotatable bonds is 1. The van der Waals surface area contributed by atoms with Crippen LogP contribution in [0.5, 0.6) is 0 Å². The van der Waals surface area contributed by atoms with Crippen molar-refractivity contribution in [1.29, 1.82) is 0 Å². The maximum atomic E-state index is 5.87. The fourth-order valence-electron chi connectivity index (χ4n) is 6.63. The van der Waals surface area contributed by atoms with Crippen molar-refractivity contribution in [2.75, 3.05) is 6.54 Å². The lowest BCUT2D eigenvalue weighted by atomic mass is 9.54. The molecule has 0 unspecified atom stereocenters. The normalized spacial score (nSPS) is 30.5. The van der Waals surface area contributed by atoms with E-state index >= 15 is 0 Å². The van der Waals surface area contributed by atoms with Gasteiger partial charge in [0, 0.05) is 35.5 Å². The van der Waals surface area contributed by atoms with E-state index in [-0.39, 0.29) is 5.41 Å². The van der Waals surface area contributed by atoms with Crippen LogP contribution in [0.15, 0.2) is 16.7 Å². The average molecular weight is 409 g/mol. The van der Waals surface area contributed by atoms with Gasteiger partial charge in [0.1, 0.15) is 0 Å². The van der Waals surface area contributed by atoms with E-state index in [0.29, 0.717) is 10.8 Å². The minimum absolute atomic E-state index is 0.0203. The van der Waals surface area contributed by atoms with Crippen LogP contribution < -0.4 is 0 Å². The lowest BCUT2D eigenvalue weighted by Crippen LogP contribution is -2.53. The van der Waals surface area contributed by atoms with E-state index in [1.165, 1.54) is 61.6 Å². The van der Waals surface area contributed by atoms with Crippen molar-refractivity contribution in [1.82, 2.24) is 10.1 Å². The summed E-state index contributed by atoms with van der Waals surface area (Å²) in [5, 5.41) is 5.66. The van der Waals surface area contributed by atoms with Gasteiger partial charge in [0.25, 0.3) is 0 Å². The molecule has 2 aliphatic carbocycles. The van der Waals surface area contributed by atoms with Gasteiger partial charge in [-0.1, -0.05) is 52.8 Å². The first-order valence-corrected chi connectivity index (χ1v) is 12.2. The molecule has 0 saturated heterocycles. The highest BCUT2D eigenvalue weighted by atomic mass is 16.5. The number of aromatic nitrogens is 1. The summed E-state index contributed by atoms with van der Waals surface area (Å²) < 4.78 is 5.87. The Bertz CT molecular complexity index is 926. The van der Waals surface area contributed by atoms with Crippen LogP contribution in [0.4, 0.5) is 0 Å². The summed E-state index contributed by atoms with van der Waals surface area (Å²) in [4.78, 5) is 2.76. The second kappa shape index (κ2) is 6.82. The minimum atomic E-state index is 0.0203. The van der Waals surface area contributed by atoms with Gasteiger partial charge in [0.05, 0.1) is 5.69 Å². The van der Waals surface area contributed by atoms with Gasteiger partial charge in [-0.05, 0) is 73.3 Å². The maximum absolute atomic E-state index is 5.87. The maximum Gasteiger partial charge on any atom is 0.170 e. The Morgan fingerprint density at radius 2 is 1.73 bits per heavy atom. The van der Waals surface area contributed by atoms with E-state index in [1.54, 1.807) is 0 Å². The van der Waals surface area contributed by atoms with E-state index in [1.807, 2.05) is 0 Å². The molecule has 3 heteroatoms. The molecule has 164 valence electrons. The van der Waals surface area contributed by atoms with Gasteiger partial charge >= 0.3 is 0 Å². The predicted octanol–water partition coefficient (Wildman–Crippen LogP) is 6.87. The fraction of sp³-hybridized carbons (Fsp3) is 0.741. The van der Waals surface area contributed by atoms with Crippen LogP contribution in [0, 0.1) is 16.7 Å². The molecule has 2 heterocycles. The standard InChI is InChI=1S/C27H40N2O/c1-25(2,3)19-9-12-27(13-10-19)15-20(16-27)29-14-11-21-18(17-29)7-8-22-23(21)30-28-24(22)26(4,5)6/h7-8,19-20H,9-17H2,1-6H3. The van der Waals surface area contributed by atoms with Crippen molar-refractivity contribution in [3.8, 4) is 0 Å². The van der Waals surface area contributed by atoms with Crippen LogP contribution in [0.2, 0.25) is 0 Å². The smallest absolute Gasteiger partial charge is 0.170 e. The molecule has 1 aromatic carbocycles. The van der Waals surface area contributed by atoms with Gasteiger partial charge in [-0.15, -0.1) is 0 Å². The molecule has 0 atom stereocenters. The predicted molar refractivity (Wildman–Crippen MR) is 124 cm³/mol. The molecule has 3 nitrogen and oxygen atoms in total. The summed E-state index contributed by atoms with van der Waals surface area (Å²) in [6.07, 6.45) is 9.77. The van der Waals surface area contributed by atoms with Crippen molar-refractivity contribution in [3.05, 3.63) is 29.0 Å². The third kappa shape index (κ3) is 3.42. The van der Waals surface area contributed by atoms with Crippen LogP contribution in [0.1, 0.15) is 96.9 Å². The van der Waals surface area contributed by atoms with Crippen LogP contribution in [0.3, 0.4) is 0 Å². The van der Waals surface area contributed by atoms with Crippen LogP contribution in [0.25, 0.3) is 11.0 Å². The summed E-state index contributed by atoms with van der Waals surface area (Å²) in [7, 11) is 0. The van der Waals surface area contributed by atoms with E-state index in [0.717, 1.165) is 36.2 Å². The molecular weight excluding hydrogens is 368 g/mol. The highest BCUT2D eigenvalue weighted by molar-refractivity contribution is 5.84. The van der Waals surface area contributed by atoms with Gasteiger partial charge in [-0.2, -0.15) is 0 Å². The number of hydrogen-bond donors (Lipinski definition) is 0. The van der Waals surface area contributed by atoms with Crippen LogP contribution in [-0.2, 0) is 18.4 Å². The minimum Gasteiger partial charge on any atom is -0.356 e. The molecule has 0 amide bonds. The molecule has 0 bridgehead atoms. The third-order valence-corrected chi connectivity index (χ3v) is 8.70. The molecule has 1 spiro atoms. The highest BCUT2D eigenvalue weighted by Gasteiger charge is 2.49. The zero-order chi connectivity index (χ0) is 21.3. The van der Waals surface area contributed by atoms with Crippen LogP contribution >= 0.6 is 0 Å². The first-order chi connectivity index (χ1) is 14.1. The molecule has 0 N–H and O–H groups in total. The Hall–Kier alpha value is -1.35. The first kappa shape index (κ1) is 20.5. The molecule has 5 rings (SSSR count). The molecule has 2 aromatic rings. The van der Waals surface area contributed by atoms with E-state index in [4.69, 9.17) is 4.52 Å². The van der Waals surface area contributed by atoms with E-state index < -0.39 is 0 Å². The topological polar surface area (TPSA) is 29.3 Å². The first-order valence-electron chi connectivity index (χ1n) is 12.2. The van der Waals surface area contributed by atoms with Crippen molar-refractivity contribution < 1.29 is 4.52 Å². The number of fused-ring (bicyclic) bond motifs is 3. The Balaban J connectivity index is 1.26. The SMILES string of the molecule is CC(C)(C)c1noc2c3c(ccc12)CN(C1CC2(CCC(C(C)(C)C)CC2)C1)CC3. The Labute approximate surface area is 182 Å². The summed E-state index contributed by atoms with van der Waals surface area (Å²) in [6, 6.07) is 5.39. The second-order valence-electron chi connectivity index (χ2n) is 12.8. The van der Waals surface area contributed by atoms with Crippen molar-refractivity contribution in [2.24, 2.45) is 16.7 Å². The fourth-order valence-corrected chi connectivity index (χ4v) is 6.63. The van der Waals surface area contributed by atoms with Crippen molar-refractivity contribution in [3.63, 3.8) is 0 Å². The lowest BCUT2D eigenvalue weighted by molar-refractivity contribution is -0.0498. The molecule has 30 heavy (non-hydrogen) atoms. The number of hydrogen-bond acceptors (Lipinski definition) is 3. The van der Waals surface area contributed by atoms with Gasteiger partial charge in [0.2, 0.25) is 0 Å². The monoisotopic (exact) mass is 408 g/mol. The van der Waals surface area contributed by atoms with Gasteiger partial charge in [0.15, 0.2) is 5.58 Å². The zero-order valence-corrected chi connectivity index (χ0v) is 20.0. The summed E-state index contributed by atoms with van der Waals surface area (Å²) in [5.74, 6) is 0.923. The van der Waals surface area contributed by atoms with Gasteiger partial charge in [-0.3, -0.25) is 4.90 Å². The zero-order valence-electron chi connectivity index (χ0n) is 20.0. The summed E-state index contributed by atoms with van der Waals surface area (Å²) >= 11 is 0. The molecule has 2 saturated carbocycles. The van der Waals surface area contributed by atoms with Gasteiger partial charge in [-0.25, -0.2) is 0 Å². The molecule has 1 aliphatic heterocycles. The quantitative estimate of drug-likeness (QED) is 0.515. The van der Waals surface area contributed by atoms with E-state index in [2.05, 4.69) is 63.7 Å². The average Bonchev–Trinajstić information content (AvgIpc) is 3.10. The third-order valence-electron chi connectivity index (χ3n) is 8.70. The molecule has 1 aromatic heterocycles. The number of benzene rings is 1. The largest absolute Gasteiger partial charge is 0.356 e. The molecular formula is C27H40N2O. The molecule has 0 radical (unpaired) electrons. The van der Waals surface area contributed by atoms with Gasteiger partial charge < -0.3 is 4.52 Å². The summed E-state index contributed by atoms with van der Waals surface area (Å²) in [5.41, 5.74) is 6.18. The number of nitrogens with zero attached hydrogens (tertiary/aromatic N) is 2. The van der Waals surface area contributed by atoms with Crippen molar-refractivity contribution in [2.45, 2.75) is 104 Å². The Morgan fingerprint density at radius 3 is 2.37 bits per heavy atom. The Kier molecular flexibility index (Phi) is 4.67. The summed E-state index contributed by atoms with van der Waals surface area (Å²) in [6.45, 7) is 16.2. The Morgan fingerprint density at radius 1 is 1.03 bits per heavy atom. The van der Waals surface area contributed by atoms with Crippen LogP contribution in [-0.4, -0.2) is 22.6 Å². The van der Waals surface area contributed by atoms with E-state index in [9.17, 15) is 0 Å².